The molecule has 0 radical (unpaired) electrons. The van der Waals surface area contributed by atoms with Crippen LogP contribution in [0.25, 0.3) is 0 Å². The summed E-state index contributed by atoms with van der Waals surface area (Å²) >= 11 is 0. The van der Waals surface area contributed by atoms with Crippen LogP contribution in [0.1, 0.15) is 52.4 Å². The molecule has 6 heteroatoms. The molecule has 114 valence electrons. The molecule has 3 unspecified atom stereocenters. The van der Waals surface area contributed by atoms with Crippen molar-refractivity contribution in [1.82, 2.24) is 15.3 Å². The molecule has 6 nitrogen and oxygen atoms in total. The molecule has 2 rings (SSSR count). The van der Waals surface area contributed by atoms with Crippen LogP contribution < -0.4 is 5.43 Å². The van der Waals surface area contributed by atoms with E-state index in [1.54, 1.807) is 4.90 Å². The number of rotatable bonds is 3. The van der Waals surface area contributed by atoms with Crippen LogP contribution in [0, 0.1) is 0 Å². The van der Waals surface area contributed by atoms with E-state index < -0.39 is 5.97 Å². The van der Waals surface area contributed by atoms with Crippen molar-refractivity contribution in [2.24, 2.45) is 0 Å². The minimum Gasteiger partial charge on any atom is -0.481 e. The smallest absolute Gasteiger partial charge is 0.332 e. The number of amides is 2. The Labute approximate surface area is 120 Å². The largest absolute Gasteiger partial charge is 0.481 e. The SMILES string of the molecule is CC1CCCC(C)N1NC(=O)N1CCCC1CC(=O)O. The third-order valence-electron chi connectivity index (χ3n) is 4.47. The Kier molecular flexibility index (Phi) is 4.86. The van der Waals surface area contributed by atoms with Gasteiger partial charge in [-0.1, -0.05) is 6.42 Å². The minimum atomic E-state index is -0.839. The number of piperidine rings is 1. The lowest BCUT2D eigenvalue weighted by Crippen LogP contribution is -2.57. The first-order valence-electron chi connectivity index (χ1n) is 7.56. The van der Waals surface area contributed by atoms with Crippen molar-refractivity contribution < 1.29 is 14.7 Å². The predicted molar refractivity (Wildman–Crippen MR) is 75.1 cm³/mol. The van der Waals surface area contributed by atoms with Gasteiger partial charge in [0.15, 0.2) is 0 Å². The van der Waals surface area contributed by atoms with Crippen LogP contribution in [-0.4, -0.2) is 51.7 Å². The van der Waals surface area contributed by atoms with Gasteiger partial charge in [-0.2, -0.15) is 0 Å². The van der Waals surface area contributed by atoms with Crippen LogP contribution in [0.4, 0.5) is 4.79 Å². The molecule has 0 bridgehead atoms. The van der Waals surface area contributed by atoms with Gasteiger partial charge in [0, 0.05) is 24.7 Å². The highest BCUT2D eigenvalue weighted by atomic mass is 16.4. The van der Waals surface area contributed by atoms with Crippen molar-refractivity contribution >= 4 is 12.0 Å². The number of likely N-dealkylation sites (tertiary alicyclic amines) is 1. The molecule has 0 saturated carbocycles. The second-order valence-corrected chi connectivity index (χ2v) is 6.04. The summed E-state index contributed by atoms with van der Waals surface area (Å²) in [7, 11) is 0. The van der Waals surface area contributed by atoms with Gasteiger partial charge in [-0.25, -0.2) is 9.80 Å². The van der Waals surface area contributed by atoms with Gasteiger partial charge in [0.2, 0.25) is 0 Å². The van der Waals surface area contributed by atoms with E-state index in [4.69, 9.17) is 5.11 Å². The maximum atomic E-state index is 12.4. The number of aliphatic carboxylic acids is 1. The normalized spacial score (nSPS) is 31.3. The summed E-state index contributed by atoms with van der Waals surface area (Å²) in [5, 5.41) is 10.9. The van der Waals surface area contributed by atoms with Crippen LogP contribution in [0.2, 0.25) is 0 Å². The van der Waals surface area contributed by atoms with E-state index in [1.807, 2.05) is 5.01 Å². The van der Waals surface area contributed by atoms with Crippen LogP contribution in [0.3, 0.4) is 0 Å². The molecule has 0 aromatic carbocycles. The van der Waals surface area contributed by atoms with Crippen LogP contribution >= 0.6 is 0 Å². The molecule has 2 amide bonds. The quantitative estimate of drug-likeness (QED) is 0.828. The number of carboxylic acids is 1. The zero-order valence-corrected chi connectivity index (χ0v) is 12.3. The summed E-state index contributed by atoms with van der Waals surface area (Å²) in [6, 6.07) is 0.365. The average Bonchev–Trinajstić information content (AvgIpc) is 2.81. The molecule has 2 N–H and O–H groups in total. The van der Waals surface area contributed by atoms with Crippen molar-refractivity contribution in [1.29, 1.82) is 0 Å². The molecule has 2 aliphatic rings. The summed E-state index contributed by atoms with van der Waals surface area (Å²) in [5.41, 5.74) is 2.99. The average molecular weight is 283 g/mol. The molecule has 20 heavy (non-hydrogen) atoms. The van der Waals surface area contributed by atoms with Crippen molar-refractivity contribution in [3.63, 3.8) is 0 Å². The molecule has 0 aliphatic carbocycles. The molecular weight excluding hydrogens is 258 g/mol. The number of hydrazine groups is 1. The fourth-order valence-electron chi connectivity index (χ4n) is 3.33. The summed E-state index contributed by atoms with van der Waals surface area (Å²) in [6.45, 7) is 4.89. The summed E-state index contributed by atoms with van der Waals surface area (Å²) in [6.07, 6.45) is 5.08. The van der Waals surface area contributed by atoms with Crippen molar-refractivity contribution in [3.05, 3.63) is 0 Å². The number of carbonyl (C=O) groups is 2. The second kappa shape index (κ2) is 6.43. The number of carbonyl (C=O) groups excluding carboxylic acids is 1. The van der Waals surface area contributed by atoms with Gasteiger partial charge in [-0.05, 0) is 39.5 Å². The molecular formula is C14H25N3O3. The maximum absolute atomic E-state index is 12.4. The van der Waals surface area contributed by atoms with E-state index in [9.17, 15) is 9.59 Å². The predicted octanol–water partition coefficient (Wildman–Crippen LogP) is 1.81. The van der Waals surface area contributed by atoms with Gasteiger partial charge in [-0.3, -0.25) is 10.2 Å². The van der Waals surface area contributed by atoms with Crippen LogP contribution in [-0.2, 0) is 4.79 Å². The third-order valence-corrected chi connectivity index (χ3v) is 4.47. The van der Waals surface area contributed by atoms with E-state index in [1.165, 1.54) is 6.42 Å². The van der Waals surface area contributed by atoms with Crippen LogP contribution in [0.5, 0.6) is 0 Å². The lowest BCUT2D eigenvalue weighted by atomic mass is 10.00. The van der Waals surface area contributed by atoms with Gasteiger partial charge in [0.25, 0.3) is 0 Å². The fourth-order valence-corrected chi connectivity index (χ4v) is 3.33. The topological polar surface area (TPSA) is 72.9 Å². The maximum Gasteiger partial charge on any atom is 0.332 e. The Morgan fingerprint density at radius 2 is 1.80 bits per heavy atom. The van der Waals surface area contributed by atoms with E-state index in [-0.39, 0.29) is 18.5 Å². The lowest BCUT2D eigenvalue weighted by molar-refractivity contribution is -0.137. The first-order chi connectivity index (χ1) is 9.49. The van der Waals surface area contributed by atoms with Crippen molar-refractivity contribution in [2.45, 2.75) is 70.5 Å². The molecule has 3 atom stereocenters. The third kappa shape index (κ3) is 3.42. The lowest BCUT2D eigenvalue weighted by Gasteiger charge is -2.40. The van der Waals surface area contributed by atoms with Gasteiger partial charge in [0.05, 0.1) is 6.42 Å². The van der Waals surface area contributed by atoms with Gasteiger partial charge in [-0.15, -0.1) is 0 Å². The molecule has 0 spiro atoms. The number of nitrogens with zero attached hydrogens (tertiary/aromatic N) is 2. The first kappa shape index (κ1) is 15.1. The number of carboxylic acid groups (broad SMARTS) is 1. The highest BCUT2D eigenvalue weighted by Gasteiger charge is 2.33. The summed E-state index contributed by atoms with van der Waals surface area (Å²) < 4.78 is 0. The molecule has 0 aromatic heterocycles. The Bertz CT molecular complexity index is 365. The molecule has 2 saturated heterocycles. The Balaban J connectivity index is 1.94. The number of hydrogen-bond acceptors (Lipinski definition) is 3. The highest BCUT2D eigenvalue weighted by Crippen LogP contribution is 2.23. The van der Waals surface area contributed by atoms with Gasteiger partial charge in [0.1, 0.15) is 0 Å². The number of nitrogens with one attached hydrogen (secondary N) is 1. The zero-order valence-electron chi connectivity index (χ0n) is 12.3. The molecule has 2 heterocycles. The minimum absolute atomic E-state index is 0.0402. The summed E-state index contributed by atoms with van der Waals surface area (Å²) in [5.74, 6) is -0.839. The van der Waals surface area contributed by atoms with E-state index in [0.29, 0.717) is 18.6 Å². The van der Waals surface area contributed by atoms with Crippen LogP contribution in [0.15, 0.2) is 0 Å². The monoisotopic (exact) mass is 283 g/mol. The first-order valence-corrected chi connectivity index (χ1v) is 7.56. The van der Waals surface area contributed by atoms with Crippen molar-refractivity contribution in [2.75, 3.05) is 6.54 Å². The standard InChI is InChI=1S/C14H25N3O3/c1-10-5-3-6-11(2)17(10)15-14(20)16-8-4-7-12(16)9-13(18)19/h10-12H,3-9H2,1-2H3,(H,15,20)(H,18,19). The molecule has 2 fully saturated rings. The van der Waals surface area contributed by atoms with Gasteiger partial charge >= 0.3 is 12.0 Å². The van der Waals surface area contributed by atoms with E-state index >= 15 is 0 Å². The Hall–Kier alpha value is -1.30. The highest BCUT2D eigenvalue weighted by molar-refractivity contribution is 5.76. The second-order valence-electron chi connectivity index (χ2n) is 6.04. The van der Waals surface area contributed by atoms with E-state index in [0.717, 1.165) is 25.7 Å². The Morgan fingerprint density at radius 1 is 1.15 bits per heavy atom. The van der Waals surface area contributed by atoms with Gasteiger partial charge < -0.3 is 10.0 Å². The van der Waals surface area contributed by atoms with E-state index in [2.05, 4.69) is 19.3 Å². The Morgan fingerprint density at radius 3 is 2.40 bits per heavy atom. The van der Waals surface area contributed by atoms with Crippen molar-refractivity contribution in [3.8, 4) is 0 Å². The molecule has 2 aliphatic heterocycles. The number of urea groups is 1. The zero-order chi connectivity index (χ0) is 14.7. The number of hydrogen-bond donors (Lipinski definition) is 2. The fraction of sp³-hybridized carbons (Fsp3) is 0.857. The summed E-state index contributed by atoms with van der Waals surface area (Å²) in [4.78, 5) is 24.9. The molecule has 0 aromatic rings.